The fourth-order valence-corrected chi connectivity index (χ4v) is 7.62. The first-order valence-electron chi connectivity index (χ1n) is 10.5. The Bertz CT molecular complexity index is 763. The lowest BCUT2D eigenvalue weighted by molar-refractivity contribution is -0.168. The van der Waals surface area contributed by atoms with Gasteiger partial charge in [0.1, 0.15) is 12.7 Å². The number of fused-ring (bicyclic) bond motifs is 5. The number of ketones is 2. The number of allylic oxidation sites excluding steroid dienone is 1. The molecule has 152 valence electrons. The summed E-state index contributed by atoms with van der Waals surface area (Å²) in [5, 5.41) is 31.7. The first-order chi connectivity index (χ1) is 13.3. The van der Waals surface area contributed by atoms with Gasteiger partial charge >= 0.3 is 0 Å². The van der Waals surface area contributed by atoms with Crippen molar-refractivity contribution in [2.24, 2.45) is 34.5 Å². The zero-order valence-corrected chi connectivity index (χ0v) is 16.4. The maximum atomic E-state index is 12.5. The van der Waals surface area contributed by atoms with Gasteiger partial charge in [-0.1, -0.05) is 18.4 Å². The van der Waals surface area contributed by atoms with Crippen molar-refractivity contribution in [3.63, 3.8) is 0 Å². The van der Waals surface area contributed by atoms with Gasteiger partial charge in [0, 0.05) is 17.8 Å². The van der Waals surface area contributed by atoms with Crippen LogP contribution in [-0.4, -0.2) is 45.7 Å². The molecular weight excluding hydrogens is 356 g/mol. The number of carbonyl (C=O) groups excluding carboxylic acids is 2. The Morgan fingerprint density at radius 2 is 2.11 bits per heavy atom. The summed E-state index contributed by atoms with van der Waals surface area (Å²) in [6.45, 7) is 1.61. The molecule has 4 aliphatic carbocycles. The zero-order valence-electron chi connectivity index (χ0n) is 16.4. The molecule has 0 aromatic carbocycles. The highest BCUT2D eigenvalue weighted by molar-refractivity contribution is 5.91. The van der Waals surface area contributed by atoms with E-state index in [1.54, 1.807) is 6.08 Å². The molecule has 5 nitrogen and oxygen atoms in total. The number of rotatable bonds is 3. The largest absolute Gasteiger partial charge is 0.393 e. The van der Waals surface area contributed by atoms with Crippen molar-refractivity contribution in [1.29, 1.82) is 0 Å². The van der Waals surface area contributed by atoms with Crippen LogP contribution in [0.4, 0.5) is 0 Å². The summed E-state index contributed by atoms with van der Waals surface area (Å²) in [5.74, 6) is 2.02. The molecule has 3 saturated carbocycles. The zero-order chi connectivity index (χ0) is 20.3. The van der Waals surface area contributed by atoms with Crippen LogP contribution in [0.1, 0.15) is 51.9 Å². The van der Waals surface area contributed by atoms with Gasteiger partial charge in [-0.3, -0.25) is 9.59 Å². The van der Waals surface area contributed by atoms with Gasteiger partial charge in [-0.25, -0.2) is 0 Å². The lowest BCUT2D eigenvalue weighted by Gasteiger charge is -2.60. The number of Topliss-reactive ketones (excluding diaryl/α,β-unsaturated/α-hetero) is 1. The molecule has 0 heterocycles. The number of carbonyl (C=O) groups is 2. The highest BCUT2D eigenvalue weighted by Crippen LogP contribution is 2.67. The molecule has 0 aromatic rings. The van der Waals surface area contributed by atoms with Crippen LogP contribution in [-0.2, 0) is 9.59 Å². The maximum absolute atomic E-state index is 12.5. The monoisotopic (exact) mass is 386 g/mol. The first-order valence-corrected chi connectivity index (χ1v) is 10.5. The topological polar surface area (TPSA) is 94.8 Å². The predicted molar refractivity (Wildman–Crippen MR) is 103 cm³/mol. The van der Waals surface area contributed by atoms with E-state index >= 15 is 0 Å². The van der Waals surface area contributed by atoms with Crippen molar-refractivity contribution in [3.05, 3.63) is 11.6 Å². The van der Waals surface area contributed by atoms with Gasteiger partial charge in [0.2, 0.25) is 0 Å². The fourth-order valence-electron chi connectivity index (χ4n) is 7.62. The average Bonchev–Trinajstić information content (AvgIpc) is 3.07. The van der Waals surface area contributed by atoms with Gasteiger partial charge in [0.15, 0.2) is 11.6 Å². The van der Waals surface area contributed by atoms with Gasteiger partial charge in [-0.2, -0.15) is 0 Å². The quantitative estimate of drug-likeness (QED) is 0.641. The van der Waals surface area contributed by atoms with Crippen molar-refractivity contribution in [3.8, 4) is 12.3 Å². The summed E-state index contributed by atoms with van der Waals surface area (Å²) in [4.78, 5) is 24.5. The minimum Gasteiger partial charge on any atom is -0.393 e. The Hall–Kier alpha value is -1.48. The van der Waals surface area contributed by atoms with Crippen LogP contribution in [0.25, 0.3) is 0 Å². The van der Waals surface area contributed by atoms with Crippen LogP contribution >= 0.6 is 0 Å². The molecule has 0 bridgehead atoms. The summed E-state index contributed by atoms with van der Waals surface area (Å²) in [5.41, 5.74) is 0.0646. The number of aliphatic hydroxyl groups is 3. The fraction of sp³-hybridized carbons (Fsp3) is 0.739. The molecule has 4 rings (SSSR count). The Labute approximate surface area is 166 Å². The number of terminal acetylenes is 1. The third-order valence-corrected chi connectivity index (χ3v) is 8.71. The average molecular weight is 386 g/mol. The van der Waals surface area contributed by atoms with Gasteiger partial charge < -0.3 is 15.3 Å². The van der Waals surface area contributed by atoms with E-state index in [0.29, 0.717) is 12.8 Å². The van der Waals surface area contributed by atoms with E-state index in [0.717, 1.165) is 31.3 Å². The summed E-state index contributed by atoms with van der Waals surface area (Å²) in [7, 11) is 0. The molecule has 0 aromatic heterocycles. The third kappa shape index (κ3) is 2.51. The Balaban J connectivity index is 1.78. The highest BCUT2D eigenvalue weighted by atomic mass is 16.3. The Kier molecular flexibility index (Phi) is 4.81. The van der Waals surface area contributed by atoms with Crippen molar-refractivity contribution in [2.45, 2.75) is 64.1 Å². The van der Waals surface area contributed by atoms with E-state index in [1.165, 1.54) is 0 Å². The molecule has 4 aliphatic rings. The second-order valence-corrected chi connectivity index (χ2v) is 9.60. The summed E-state index contributed by atoms with van der Waals surface area (Å²) >= 11 is 0. The second-order valence-electron chi connectivity index (χ2n) is 9.60. The second kappa shape index (κ2) is 6.79. The van der Waals surface area contributed by atoms with Crippen LogP contribution in [0.5, 0.6) is 0 Å². The minimum atomic E-state index is -1.12. The highest BCUT2D eigenvalue weighted by Gasteiger charge is 2.66. The van der Waals surface area contributed by atoms with E-state index in [1.807, 2.05) is 0 Å². The molecule has 2 unspecified atom stereocenters. The molecule has 3 N–H and O–H groups in total. The van der Waals surface area contributed by atoms with Gasteiger partial charge in [-0.15, -0.1) is 6.42 Å². The number of hydrogen-bond acceptors (Lipinski definition) is 5. The third-order valence-electron chi connectivity index (χ3n) is 8.71. The molecule has 0 radical (unpaired) electrons. The molecule has 0 amide bonds. The van der Waals surface area contributed by atoms with Crippen LogP contribution < -0.4 is 0 Å². The molecule has 8 atom stereocenters. The lowest BCUT2D eigenvalue weighted by Crippen LogP contribution is -2.61. The Morgan fingerprint density at radius 3 is 2.79 bits per heavy atom. The van der Waals surface area contributed by atoms with Crippen molar-refractivity contribution >= 4 is 11.6 Å². The van der Waals surface area contributed by atoms with Crippen LogP contribution in [0.2, 0.25) is 0 Å². The SMILES string of the molecule is C#CC(O)[C@]12CC(O)[C@H]3[C@@H](CCC4=CC(=O)CC[C@@]43C)[C@@H]1CC[C@@H]2C(=O)CO. The van der Waals surface area contributed by atoms with Crippen molar-refractivity contribution in [1.82, 2.24) is 0 Å². The number of aliphatic hydroxyl groups excluding tert-OH is 3. The first kappa shape index (κ1) is 19.8. The normalized spacial score (nSPS) is 45.9. The predicted octanol–water partition coefficient (Wildman–Crippen LogP) is 1.64. The summed E-state index contributed by atoms with van der Waals surface area (Å²) in [6, 6.07) is 0. The standard InChI is InChI=1S/C23H30O5/c1-3-20(28)23-11-18(26)21-15(16(23)6-7-17(23)19(27)12-24)5-4-13-10-14(25)8-9-22(13,21)2/h1,10,15-18,20-21,24,26,28H,4-9,11-12H2,2H3/t15-,16-,17+,18?,20?,21+,22-,23+/m0/s1. The van der Waals surface area contributed by atoms with Crippen LogP contribution in [0, 0.1) is 46.8 Å². The van der Waals surface area contributed by atoms with E-state index in [9.17, 15) is 24.9 Å². The van der Waals surface area contributed by atoms with E-state index in [2.05, 4.69) is 12.8 Å². The van der Waals surface area contributed by atoms with Crippen LogP contribution in [0.15, 0.2) is 11.6 Å². The summed E-state index contributed by atoms with van der Waals surface area (Å²) in [6.07, 6.45) is 10.1. The maximum Gasteiger partial charge on any atom is 0.161 e. The smallest absolute Gasteiger partial charge is 0.161 e. The van der Waals surface area contributed by atoms with Crippen LogP contribution in [0.3, 0.4) is 0 Å². The molecular formula is C23H30O5. The Morgan fingerprint density at radius 1 is 1.36 bits per heavy atom. The number of hydrogen-bond donors (Lipinski definition) is 3. The lowest BCUT2D eigenvalue weighted by atomic mass is 9.44. The van der Waals surface area contributed by atoms with E-state index in [-0.39, 0.29) is 41.2 Å². The molecule has 0 aliphatic heterocycles. The van der Waals surface area contributed by atoms with Gasteiger partial charge in [0.25, 0.3) is 0 Å². The van der Waals surface area contributed by atoms with Crippen molar-refractivity contribution in [2.75, 3.05) is 6.61 Å². The molecule has 0 spiro atoms. The van der Waals surface area contributed by atoms with E-state index < -0.39 is 30.1 Å². The van der Waals surface area contributed by atoms with Gasteiger partial charge in [0.05, 0.1) is 6.10 Å². The minimum absolute atomic E-state index is 0.00618. The van der Waals surface area contributed by atoms with E-state index in [4.69, 9.17) is 6.42 Å². The molecule has 28 heavy (non-hydrogen) atoms. The molecule has 3 fully saturated rings. The van der Waals surface area contributed by atoms with Gasteiger partial charge in [-0.05, 0) is 67.8 Å². The van der Waals surface area contributed by atoms with Crippen molar-refractivity contribution < 1.29 is 24.9 Å². The molecule has 0 saturated heterocycles. The summed E-state index contributed by atoms with van der Waals surface area (Å²) < 4.78 is 0. The molecule has 5 heteroatoms.